The van der Waals surface area contributed by atoms with Gasteiger partial charge in [-0.05, 0) is 66.5 Å². The Hall–Kier alpha value is -3.43. The van der Waals surface area contributed by atoms with Gasteiger partial charge in [-0.3, -0.25) is 14.7 Å². The number of fused-ring (bicyclic) bond motifs is 1. The quantitative estimate of drug-likeness (QED) is 0.207. The molecule has 0 aliphatic rings. The van der Waals surface area contributed by atoms with Crippen LogP contribution in [0.2, 0.25) is 0 Å². The summed E-state index contributed by atoms with van der Waals surface area (Å²) in [5.41, 5.74) is 6.19. The molecule has 0 aliphatic heterocycles. The van der Waals surface area contributed by atoms with Crippen molar-refractivity contribution in [3.05, 3.63) is 29.5 Å². The molecule has 1 aromatic heterocycles. The van der Waals surface area contributed by atoms with E-state index in [4.69, 9.17) is 15.2 Å². The summed E-state index contributed by atoms with van der Waals surface area (Å²) in [4.78, 5) is 39.9. The number of unbranched alkanes of at least 4 members (excludes halogenated alkanes) is 3. The Morgan fingerprint density at radius 1 is 1.00 bits per heavy atom. The molecule has 35 heavy (non-hydrogen) atoms. The number of rotatable bonds is 9. The van der Waals surface area contributed by atoms with Gasteiger partial charge < -0.3 is 20.5 Å². The van der Waals surface area contributed by atoms with Crippen LogP contribution in [0.3, 0.4) is 0 Å². The number of carbonyl (C=O) groups excluding carboxylic acids is 3. The summed E-state index contributed by atoms with van der Waals surface area (Å²) in [6.07, 6.45) is 2.96. The van der Waals surface area contributed by atoms with E-state index < -0.39 is 17.3 Å². The second-order valence-electron chi connectivity index (χ2n) is 10.3. The number of esters is 1. The van der Waals surface area contributed by atoms with Crippen LogP contribution in [-0.2, 0) is 14.3 Å². The van der Waals surface area contributed by atoms with E-state index in [1.807, 2.05) is 20.8 Å². The number of H-pyrrole nitrogens is 1. The van der Waals surface area contributed by atoms with Gasteiger partial charge >= 0.3 is 12.1 Å². The van der Waals surface area contributed by atoms with E-state index in [-0.39, 0.29) is 23.4 Å². The molecule has 0 fully saturated rings. The number of amidine groups is 1. The minimum absolute atomic E-state index is 0.00780. The van der Waals surface area contributed by atoms with E-state index in [2.05, 4.69) is 20.5 Å². The fourth-order valence-electron chi connectivity index (χ4n) is 3.23. The van der Waals surface area contributed by atoms with Crippen LogP contribution < -0.4 is 11.1 Å². The maximum atomic E-state index is 12.6. The number of nitrogens with zero attached hydrogens (tertiary/aromatic N) is 2. The Morgan fingerprint density at radius 2 is 1.66 bits per heavy atom. The summed E-state index contributed by atoms with van der Waals surface area (Å²) in [5, 5.41) is 10.4. The Bertz CT molecular complexity index is 1080. The van der Waals surface area contributed by atoms with Crippen LogP contribution in [0.25, 0.3) is 10.9 Å². The highest BCUT2D eigenvalue weighted by molar-refractivity contribution is 6.08. The molecule has 0 saturated carbocycles. The van der Waals surface area contributed by atoms with Crippen molar-refractivity contribution in [2.45, 2.75) is 84.8 Å². The Morgan fingerprint density at radius 3 is 2.31 bits per heavy atom. The number of nitrogens with two attached hydrogens (primary N) is 1. The number of hydrogen-bond donors (Lipinski definition) is 3. The van der Waals surface area contributed by atoms with Crippen LogP contribution in [0.15, 0.2) is 23.2 Å². The lowest BCUT2D eigenvalue weighted by atomic mass is 10.1. The van der Waals surface area contributed by atoms with E-state index in [1.165, 1.54) is 0 Å². The van der Waals surface area contributed by atoms with Crippen molar-refractivity contribution in [1.29, 1.82) is 0 Å². The summed E-state index contributed by atoms with van der Waals surface area (Å²) in [7, 11) is 0. The normalized spacial score (nSPS) is 12.5. The van der Waals surface area contributed by atoms with Crippen LogP contribution in [0.1, 0.15) is 89.7 Å². The predicted molar refractivity (Wildman–Crippen MR) is 134 cm³/mol. The van der Waals surface area contributed by atoms with Gasteiger partial charge in [0.15, 0.2) is 5.69 Å². The van der Waals surface area contributed by atoms with Crippen molar-refractivity contribution in [2.75, 3.05) is 6.54 Å². The molecular formula is C25H37N5O5. The Kier molecular flexibility index (Phi) is 9.39. The third-order valence-electron chi connectivity index (χ3n) is 4.69. The first-order valence-corrected chi connectivity index (χ1v) is 11.8. The van der Waals surface area contributed by atoms with Crippen molar-refractivity contribution < 1.29 is 23.9 Å². The topological polar surface area (TPSA) is 149 Å². The highest BCUT2D eigenvalue weighted by Crippen LogP contribution is 2.18. The summed E-state index contributed by atoms with van der Waals surface area (Å²) in [6, 6.07) is 5.05. The molecule has 0 unspecified atom stereocenters. The molecule has 2 aromatic rings. The maximum absolute atomic E-state index is 12.6. The molecule has 10 nitrogen and oxygen atoms in total. The summed E-state index contributed by atoms with van der Waals surface area (Å²) in [6.45, 7) is 11.3. The monoisotopic (exact) mass is 487 g/mol. The molecule has 0 saturated heterocycles. The highest BCUT2D eigenvalue weighted by Gasteiger charge is 2.18. The number of amides is 2. The first-order valence-electron chi connectivity index (χ1n) is 11.8. The fraction of sp³-hybridized carbons (Fsp3) is 0.560. The van der Waals surface area contributed by atoms with Crippen molar-refractivity contribution in [3.8, 4) is 0 Å². The van der Waals surface area contributed by atoms with Crippen molar-refractivity contribution >= 4 is 34.7 Å². The van der Waals surface area contributed by atoms with Gasteiger partial charge in [0, 0.05) is 23.9 Å². The Labute approximate surface area is 206 Å². The van der Waals surface area contributed by atoms with Gasteiger partial charge in [-0.25, -0.2) is 4.79 Å². The SMILES string of the molecule is CC(C)(C)OC(=O)CCCCCCNC(=O)c1n[nH]c2cc(/C(N)=N\C(=O)OC(C)(C)C)ccc12. The van der Waals surface area contributed by atoms with E-state index >= 15 is 0 Å². The highest BCUT2D eigenvalue weighted by atomic mass is 16.6. The number of aliphatic imine (C=N–C) groups is 1. The third-order valence-corrected chi connectivity index (χ3v) is 4.69. The van der Waals surface area contributed by atoms with Crippen LogP contribution in [0.4, 0.5) is 4.79 Å². The number of nitrogens with one attached hydrogen (secondary N) is 2. The van der Waals surface area contributed by atoms with Gasteiger partial charge in [0.1, 0.15) is 17.0 Å². The molecule has 192 valence electrons. The molecular weight excluding hydrogens is 450 g/mol. The zero-order valence-electron chi connectivity index (χ0n) is 21.5. The van der Waals surface area contributed by atoms with Gasteiger partial charge in [0.25, 0.3) is 5.91 Å². The summed E-state index contributed by atoms with van der Waals surface area (Å²) >= 11 is 0. The van der Waals surface area contributed by atoms with Crippen LogP contribution in [0.5, 0.6) is 0 Å². The Balaban J connectivity index is 1.83. The van der Waals surface area contributed by atoms with Crippen molar-refractivity contribution in [3.63, 3.8) is 0 Å². The molecule has 0 aliphatic carbocycles. The van der Waals surface area contributed by atoms with Crippen molar-refractivity contribution in [2.24, 2.45) is 10.7 Å². The summed E-state index contributed by atoms with van der Waals surface area (Å²) in [5.74, 6) is -0.459. The molecule has 4 N–H and O–H groups in total. The van der Waals surface area contributed by atoms with Gasteiger partial charge in [-0.2, -0.15) is 10.1 Å². The second-order valence-corrected chi connectivity index (χ2v) is 10.3. The molecule has 1 heterocycles. The predicted octanol–water partition coefficient (Wildman–Crippen LogP) is 4.23. The minimum Gasteiger partial charge on any atom is -0.460 e. The molecule has 0 radical (unpaired) electrons. The molecule has 0 atom stereocenters. The first kappa shape index (κ1) is 27.8. The lowest BCUT2D eigenvalue weighted by molar-refractivity contribution is -0.154. The largest absolute Gasteiger partial charge is 0.460 e. The number of aromatic nitrogens is 2. The van der Waals surface area contributed by atoms with Crippen LogP contribution in [0, 0.1) is 0 Å². The lowest BCUT2D eigenvalue weighted by Gasteiger charge is -2.19. The number of carbonyl (C=O) groups is 3. The van der Waals surface area contributed by atoms with Crippen LogP contribution in [-0.4, -0.2) is 51.7 Å². The van der Waals surface area contributed by atoms with E-state index in [0.717, 1.165) is 25.7 Å². The van der Waals surface area contributed by atoms with Gasteiger partial charge in [0.05, 0.1) is 5.52 Å². The first-order chi connectivity index (χ1) is 16.2. The van der Waals surface area contributed by atoms with E-state index in [1.54, 1.807) is 39.0 Å². The lowest BCUT2D eigenvalue weighted by Crippen LogP contribution is -2.25. The van der Waals surface area contributed by atoms with E-state index in [9.17, 15) is 14.4 Å². The third kappa shape index (κ3) is 9.76. The number of ether oxygens (including phenoxy) is 2. The molecule has 10 heteroatoms. The smallest absolute Gasteiger partial charge is 0.436 e. The molecule has 2 rings (SSSR count). The van der Waals surface area contributed by atoms with Gasteiger partial charge in [-0.1, -0.05) is 18.9 Å². The minimum atomic E-state index is -0.774. The van der Waals surface area contributed by atoms with E-state index in [0.29, 0.717) is 29.4 Å². The fourth-order valence-corrected chi connectivity index (χ4v) is 3.23. The van der Waals surface area contributed by atoms with Crippen molar-refractivity contribution in [1.82, 2.24) is 15.5 Å². The zero-order valence-corrected chi connectivity index (χ0v) is 21.5. The average molecular weight is 488 g/mol. The van der Waals surface area contributed by atoms with Gasteiger partial charge in [0.2, 0.25) is 0 Å². The van der Waals surface area contributed by atoms with Gasteiger partial charge in [-0.15, -0.1) is 0 Å². The summed E-state index contributed by atoms with van der Waals surface area (Å²) < 4.78 is 10.4. The molecule has 1 aromatic carbocycles. The molecule has 2 amide bonds. The average Bonchev–Trinajstić information content (AvgIpc) is 3.13. The standard InChI is InChI=1S/C25H37N5O5/c1-24(2,3)34-19(31)11-9-7-8-10-14-27-22(32)20-17-13-12-16(15-18(17)29-30-20)21(26)28-23(33)35-25(4,5)6/h12-13,15H,7-11,14H2,1-6H3,(H,27,32)(H,29,30)(H2,26,28,33). The number of aromatic amines is 1. The molecule has 0 bridgehead atoms. The second kappa shape index (κ2) is 11.8. The van der Waals surface area contributed by atoms with Crippen LogP contribution >= 0.6 is 0 Å². The molecule has 0 spiro atoms. The zero-order chi connectivity index (χ0) is 26.2. The number of benzene rings is 1. The number of hydrogen-bond acceptors (Lipinski definition) is 6. The maximum Gasteiger partial charge on any atom is 0.436 e.